The first-order chi connectivity index (χ1) is 7.84. The zero-order chi connectivity index (χ0) is 13.8. The van der Waals surface area contributed by atoms with Gasteiger partial charge in [-0.05, 0) is 19.8 Å². The minimum Gasteiger partial charge on any atom is -0.463 e. The van der Waals surface area contributed by atoms with Gasteiger partial charge in [-0.1, -0.05) is 27.0 Å². The molecule has 0 atom stereocenters. The van der Waals surface area contributed by atoms with Gasteiger partial charge in [-0.3, -0.25) is 0 Å². The number of carbonyl (C=O) groups excluding carboxylic acids is 2. The van der Waals surface area contributed by atoms with Crippen LogP contribution in [0.15, 0.2) is 24.8 Å². The van der Waals surface area contributed by atoms with Crippen LogP contribution in [-0.4, -0.2) is 25.2 Å². The molecule has 98 valence electrons. The number of ether oxygens (including phenoxy) is 2. The van der Waals surface area contributed by atoms with E-state index in [2.05, 4.69) is 17.9 Å². The highest BCUT2D eigenvalue weighted by Gasteiger charge is 2.03. The summed E-state index contributed by atoms with van der Waals surface area (Å²) >= 11 is 0. The minimum absolute atomic E-state index is 0.297. The van der Waals surface area contributed by atoms with Gasteiger partial charge in [-0.25, -0.2) is 9.59 Å². The Morgan fingerprint density at radius 3 is 2.06 bits per heavy atom. The number of esters is 2. The van der Waals surface area contributed by atoms with Crippen molar-refractivity contribution in [3.8, 4) is 0 Å². The number of hydrogen-bond donors (Lipinski definition) is 0. The lowest BCUT2D eigenvalue weighted by molar-refractivity contribution is -0.140. The van der Waals surface area contributed by atoms with Crippen molar-refractivity contribution >= 4 is 11.9 Å². The van der Waals surface area contributed by atoms with E-state index < -0.39 is 0 Å². The fourth-order valence-corrected chi connectivity index (χ4v) is 0.567. The van der Waals surface area contributed by atoms with Gasteiger partial charge in [0.25, 0.3) is 0 Å². The van der Waals surface area contributed by atoms with Crippen LogP contribution >= 0.6 is 0 Å². The summed E-state index contributed by atoms with van der Waals surface area (Å²) in [5.41, 5.74) is 0.459. The Hall–Kier alpha value is -1.58. The van der Waals surface area contributed by atoms with E-state index in [1.165, 1.54) is 0 Å². The molecule has 0 unspecified atom stereocenters. The maximum Gasteiger partial charge on any atom is 0.333 e. The smallest absolute Gasteiger partial charge is 0.333 e. The molecule has 17 heavy (non-hydrogen) atoms. The van der Waals surface area contributed by atoms with Gasteiger partial charge in [0, 0.05) is 11.6 Å². The first-order valence-corrected chi connectivity index (χ1v) is 5.46. The van der Waals surface area contributed by atoms with Crippen molar-refractivity contribution in [2.45, 2.75) is 27.7 Å². The van der Waals surface area contributed by atoms with E-state index in [9.17, 15) is 9.59 Å². The van der Waals surface area contributed by atoms with Crippen LogP contribution < -0.4 is 0 Å². The molecule has 0 saturated heterocycles. The normalized spacial score (nSPS) is 8.76. The topological polar surface area (TPSA) is 52.6 Å². The van der Waals surface area contributed by atoms with E-state index in [-0.39, 0.29) is 11.9 Å². The Morgan fingerprint density at radius 2 is 1.82 bits per heavy atom. The van der Waals surface area contributed by atoms with Gasteiger partial charge in [0.15, 0.2) is 0 Å². The highest BCUT2D eigenvalue weighted by atomic mass is 16.5. The molecule has 0 aliphatic rings. The van der Waals surface area contributed by atoms with Crippen molar-refractivity contribution in [2.75, 3.05) is 13.2 Å². The van der Waals surface area contributed by atoms with Crippen LogP contribution in [0.3, 0.4) is 0 Å². The Labute approximate surface area is 103 Å². The van der Waals surface area contributed by atoms with Gasteiger partial charge >= 0.3 is 11.9 Å². The van der Waals surface area contributed by atoms with Crippen molar-refractivity contribution in [3.05, 3.63) is 24.8 Å². The molecule has 4 nitrogen and oxygen atoms in total. The zero-order valence-corrected chi connectivity index (χ0v) is 11.1. The Kier molecular flexibility index (Phi) is 11.4. The van der Waals surface area contributed by atoms with E-state index >= 15 is 0 Å². The second-order valence-electron chi connectivity index (χ2n) is 3.73. The second kappa shape index (κ2) is 10.9. The molecule has 0 amide bonds. The van der Waals surface area contributed by atoms with E-state index in [0.717, 1.165) is 6.08 Å². The van der Waals surface area contributed by atoms with Crippen LogP contribution in [0, 0.1) is 5.92 Å². The molecule has 0 radical (unpaired) electrons. The average molecular weight is 242 g/mol. The Bertz CT molecular complexity index is 267. The molecule has 0 rings (SSSR count). The zero-order valence-electron chi connectivity index (χ0n) is 11.1. The first-order valence-electron chi connectivity index (χ1n) is 5.46. The lowest BCUT2D eigenvalue weighted by Crippen LogP contribution is -2.09. The molecule has 0 aliphatic heterocycles. The third-order valence-corrected chi connectivity index (χ3v) is 1.35. The van der Waals surface area contributed by atoms with Crippen molar-refractivity contribution in [1.29, 1.82) is 0 Å². The van der Waals surface area contributed by atoms with Gasteiger partial charge in [0.05, 0.1) is 13.2 Å². The molecule has 0 saturated carbocycles. The van der Waals surface area contributed by atoms with E-state index in [4.69, 9.17) is 4.74 Å². The van der Waals surface area contributed by atoms with Gasteiger partial charge in [0.1, 0.15) is 0 Å². The van der Waals surface area contributed by atoms with Crippen LogP contribution in [0.1, 0.15) is 27.7 Å². The van der Waals surface area contributed by atoms with Gasteiger partial charge < -0.3 is 9.47 Å². The molecular formula is C13H22O4. The number of carbonyl (C=O) groups is 2. The number of rotatable bonds is 5. The molecule has 0 heterocycles. The van der Waals surface area contributed by atoms with E-state index in [1.807, 2.05) is 13.8 Å². The predicted molar refractivity (Wildman–Crippen MR) is 67.4 cm³/mol. The first kappa shape index (κ1) is 17.8. The second-order valence-corrected chi connectivity index (χ2v) is 3.73. The van der Waals surface area contributed by atoms with Crippen LogP contribution in [0.5, 0.6) is 0 Å². The minimum atomic E-state index is -0.359. The van der Waals surface area contributed by atoms with E-state index in [0.29, 0.717) is 24.7 Å². The third kappa shape index (κ3) is 14.4. The van der Waals surface area contributed by atoms with Crippen LogP contribution in [0.2, 0.25) is 0 Å². The molecule has 0 bridgehead atoms. The molecule has 4 heteroatoms. The van der Waals surface area contributed by atoms with Crippen LogP contribution in [0.25, 0.3) is 0 Å². The Morgan fingerprint density at radius 1 is 1.29 bits per heavy atom. The van der Waals surface area contributed by atoms with Crippen molar-refractivity contribution in [3.63, 3.8) is 0 Å². The fraction of sp³-hybridized carbons (Fsp3) is 0.538. The van der Waals surface area contributed by atoms with Gasteiger partial charge in [0.2, 0.25) is 0 Å². The standard InChI is InChI=1S/C8H14O2.C5H8O2/c1-6(2)5-10-8(9)7(3)4;1-3-5(6)7-4-2/h6H,3,5H2,1-2,4H3;3H,1,4H2,2H3. The number of hydrogen-bond acceptors (Lipinski definition) is 4. The molecule has 0 fully saturated rings. The quantitative estimate of drug-likeness (QED) is 0.549. The molecule has 0 aromatic rings. The van der Waals surface area contributed by atoms with Crippen molar-refractivity contribution < 1.29 is 19.1 Å². The summed E-state index contributed by atoms with van der Waals surface area (Å²) in [4.78, 5) is 20.8. The summed E-state index contributed by atoms with van der Waals surface area (Å²) in [7, 11) is 0. The maximum atomic E-state index is 10.7. The monoisotopic (exact) mass is 242 g/mol. The molecule has 0 aromatic heterocycles. The highest BCUT2D eigenvalue weighted by Crippen LogP contribution is 1.97. The van der Waals surface area contributed by atoms with Crippen LogP contribution in [0.4, 0.5) is 0 Å². The van der Waals surface area contributed by atoms with Crippen molar-refractivity contribution in [1.82, 2.24) is 0 Å². The lowest BCUT2D eigenvalue weighted by Gasteiger charge is -2.05. The molecule has 0 aromatic carbocycles. The summed E-state index contributed by atoms with van der Waals surface area (Å²) in [5, 5.41) is 0. The summed E-state index contributed by atoms with van der Waals surface area (Å²) in [6.45, 7) is 14.9. The summed E-state index contributed by atoms with van der Waals surface area (Å²) in [5.74, 6) is -0.264. The predicted octanol–water partition coefficient (Wildman–Crippen LogP) is 2.50. The molecule has 0 N–H and O–H groups in total. The molecular weight excluding hydrogens is 220 g/mol. The summed E-state index contributed by atoms with van der Waals surface area (Å²) in [6.07, 6.45) is 1.14. The van der Waals surface area contributed by atoms with Crippen molar-refractivity contribution in [2.24, 2.45) is 5.92 Å². The largest absolute Gasteiger partial charge is 0.463 e. The molecule has 0 spiro atoms. The van der Waals surface area contributed by atoms with Gasteiger partial charge in [-0.2, -0.15) is 0 Å². The highest BCUT2D eigenvalue weighted by molar-refractivity contribution is 5.86. The lowest BCUT2D eigenvalue weighted by atomic mass is 10.2. The van der Waals surface area contributed by atoms with E-state index in [1.54, 1.807) is 13.8 Å². The summed E-state index contributed by atoms with van der Waals surface area (Å²) < 4.78 is 9.26. The summed E-state index contributed by atoms with van der Waals surface area (Å²) in [6, 6.07) is 0. The average Bonchev–Trinajstić information content (AvgIpc) is 2.26. The molecule has 0 aliphatic carbocycles. The van der Waals surface area contributed by atoms with Crippen LogP contribution in [-0.2, 0) is 19.1 Å². The maximum absolute atomic E-state index is 10.7. The third-order valence-electron chi connectivity index (χ3n) is 1.35. The Balaban J connectivity index is 0. The van der Waals surface area contributed by atoms with Gasteiger partial charge in [-0.15, -0.1) is 0 Å². The fourth-order valence-electron chi connectivity index (χ4n) is 0.567. The SMILES string of the molecule is C=C(C)C(=O)OCC(C)C.C=CC(=O)OCC.